The second kappa shape index (κ2) is 18.3. The predicted molar refractivity (Wildman–Crippen MR) is 289 cm³/mol. The van der Waals surface area contributed by atoms with Gasteiger partial charge in [0.15, 0.2) is 0 Å². The van der Waals surface area contributed by atoms with Crippen LogP contribution < -0.4 is 34.8 Å². The summed E-state index contributed by atoms with van der Waals surface area (Å²) >= 11 is -10.5. The van der Waals surface area contributed by atoms with Crippen LogP contribution in [-0.2, 0) is 18.7 Å². The van der Waals surface area contributed by atoms with Crippen LogP contribution >= 0.6 is 0 Å². The topological polar surface area (TPSA) is 18.5 Å². The van der Waals surface area contributed by atoms with Crippen molar-refractivity contribution in [3.05, 3.63) is 313 Å². The van der Waals surface area contributed by atoms with Gasteiger partial charge in [0.1, 0.15) is 0 Å². The molecular weight excluding hydrogens is 1060 g/mol. The summed E-state index contributed by atoms with van der Waals surface area (Å²) in [5.74, 6) is 0. The molecule has 0 bridgehead atoms. The van der Waals surface area contributed by atoms with Crippen LogP contribution in [0.2, 0.25) is 0 Å². The molecular formula is C64H48As2F6O2. The van der Waals surface area contributed by atoms with Crippen LogP contribution in [0.25, 0.3) is 0 Å². The summed E-state index contributed by atoms with van der Waals surface area (Å²) in [6.45, 7) is 0. The predicted octanol–water partition coefficient (Wildman–Crippen LogP) is 10.7. The van der Waals surface area contributed by atoms with E-state index in [-0.39, 0.29) is 22.3 Å². The molecule has 0 aromatic heterocycles. The van der Waals surface area contributed by atoms with Crippen LogP contribution in [0.5, 0.6) is 0 Å². The van der Waals surface area contributed by atoms with Crippen LogP contribution in [-0.4, -0.2) is 37.9 Å². The average Bonchev–Trinajstić information content (AvgIpc) is 4.07. The van der Waals surface area contributed by atoms with Gasteiger partial charge >= 0.3 is 431 Å². The fourth-order valence-corrected chi connectivity index (χ4v) is 38.2. The molecule has 0 spiro atoms. The number of hydrogen-bond acceptors (Lipinski definition) is 2. The van der Waals surface area contributed by atoms with Gasteiger partial charge in [0.25, 0.3) is 0 Å². The quantitative estimate of drug-likeness (QED) is 0.112. The fourth-order valence-electron chi connectivity index (χ4n) is 11.8. The van der Waals surface area contributed by atoms with E-state index in [4.69, 9.17) is 7.45 Å². The second-order valence-corrected chi connectivity index (χ2v) is 36.4. The third-order valence-electron chi connectivity index (χ3n) is 14.8. The number of fused-ring (bicyclic) bond motifs is 2. The Morgan fingerprint density at radius 2 is 0.432 bits per heavy atom. The molecule has 0 amide bonds. The fraction of sp³-hybridized carbons (Fsp3) is 0.0625. The van der Waals surface area contributed by atoms with E-state index in [1.165, 1.54) is 24.3 Å². The van der Waals surface area contributed by atoms with E-state index >= 15 is 26.3 Å². The van der Waals surface area contributed by atoms with Gasteiger partial charge in [0.05, 0.1) is 0 Å². The first-order valence-corrected chi connectivity index (χ1v) is 33.2. The number of halogens is 6. The molecule has 10 aromatic rings. The summed E-state index contributed by atoms with van der Waals surface area (Å²) in [6.07, 6.45) is -9.47. The minimum absolute atomic E-state index is 0.0716. The van der Waals surface area contributed by atoms with E-state index in [0.29, 0.717) is 8.70 Å². The molecule has 10 aromatic carbocycles. The molecule has 2 aliphatic heterocycles. The van der Waals surface area contributed by atoms with Crippen molar-refractivity contribution in [2.24, 2.45) is 0 Å². The molecule has 2 aliphatic rings. The van der Waals surface area contributed by atoms with Gasteiger partial charge in [-0.15, -0.1) is 0 Å². The van der Waals surface area contributed by atoms with E-state index < -0.39 is 49.1 Å². The molecule has 368 valence electrons. The Balaban J connectivity index is 0.000000159. The third-order valence-corrected chi connectivity index (χ3v) is 39.1. The standard InChI is InChI=1S/2C32H24AsF3O/c2*34-32(35,36)31(25-15-5-1-6-16-25)29-23-13-14-24-30(29)33(37-31,26-17-7-2-8-18-26,27-19-9-3-10-20-27)28-21-11-4-12-22-28/h2*1-24H/t2*31-/m10/s1. The molecule has 2 atom stereocenters. The molecule has 0 N–H and O–H groups in total. The van der Waals surface area contributed by atoms with Crippen molar-refractivity contribution in [3.63, 3.8) is 0 Å². The zero-order valence-corrected chi connectivity index (χ0v) is 43.4. The van der Waals surface area contributed by atoms with Crippen molar-refractivity contribution in [1.29, 1.82) is 0 Å². The Hall–Kier alpha value is -7.18. The van der Waals surface area contributed by atoms with Crippen molar-refractivity contribution in [1.82, 2.24) is 0 Å². The zero-order chi connectivity index (χ0) is 51.2. The molecule has 0 fully saturated rings. The zero-order valence-electron chi connectivity index (χ0n) is 39.7. The summed E-state index contributed by atoms with van der Waals surface area (Å²) in [4.78, 5) is 0. The number of alkyl halides is 6. The molecule has 0 saturated carbocycles. The average molecular weight is 1110 g/mol. The Morgan fingerprint density at radius 1 is 0.243 bits per heavy atom. The first kappa shape index (κ1) is 49.1. The first-order valence-electron chi connectivity index (χ1n) is 24.1. The van der Waals surface area contributed by atoms with Gasteiger partial charge < -0.3 is 0 Å². The Bertz CT molecular complexity index is 3120. The molecule has 0 aliphatic carbocycles. The molecule has 74 heavy (non-hydrogen) atoms. The Labute approximate surface area is 428 Å². The third kappa shape index (κ3) is 6.68. The summed E-state index contributed by atoms with van der Waals surface area (Å²) in [5, 5.41) is 0. The van der Waals surface area contributed by atoms with E-state index in [2.05, 4.69) is 0 Å². The number of rotatable bonds is 8. The van der Waals surface area contributed by atoms with Crippen LogP contribution in [0.3, 0.4) is 0 Å². The normalized spacial score (nSPS) is 20.9. The summed E-state index contributed by atoms with van der Waals surface area (Å²) in [6, 6.07) is 87.1. The van der Waals surface area contributed by atoms with Crippen LogP contribution in [0, 0.1) is 0 Å². The van der Waals surface area contributed by atoms with Crippen LogP contribution in [0.1, 0.15) is 22.3 Å². The van der Waals surface area contributed by atoms with Gasteiger partial charge in [-0.3, -0.25) is 0 Å². The minimum atomic E-state index is -5.26. The monoisotopic (exact) mass is 1110 g/mol. The van der Waals surface area contributed by atoms with Gasteiger partial charge in [0, 0.05) is 0 Å². The first-order chi connectivity index (χ1) is 35.9. The molecule has 0 unspecified atom stereocenters. The molecule has 0 saturated heterocycles. The van der Waals surface area contributed by atoms with Gasteiger partial charge in [-0.2, -0.15) is 0 Å². The molecule has 12 rings (SSSR count). The molecule has 2 nitrogen and oxygen atoms in total. The van der Waals surface area contributed by atoms with Gasteiger partial charge in [0.2, 0.25) is 0 Å². The summed E-state index contributed by atoms with van der Waals surface area (Å²) in [7, 11) is 0. The number of benzene rings is 10. The van der Waals surface area contributed by atoms with E-state index in [1.807, 2.05) is 206 Å². The molecule has 10 heteroatoms. The summed E-state index contributed by atoms with van der Waals surface area (Å²) in [5.41, 5.74) is -4.87. The van der Waals surface area contributed by atoms with Crippen molar-refractivity contribution >= 4 is 60.4 Å². The van der Waals surface area contributed by atoms with Crippen molar-refractivity contribution in [3.8, 4) is 0 Å². The molecule has 0 radical (unpaired) electrons. The van der Waals surface area contributed by atoms with E-state index in [9.17, 15) is 0 Å². The number of hydrogen-bond donors (Lipinski definition) is 0. The van der Waals surface area contributed by atoms with Crippen LogP contribution in [0.15, 0.2) is 291 Å². The van der Waals surface area contributed by atoms with Gasteiger partial charge in [-0.25, -0.2) is 0 Å². The van der Waals surface area contributed by atoms with Crippen LogP contribution in [0.4, 0.5) is 26.3 Å². The van der Waals surface area contributed by atoms with Gasteiger partial charge in [-0.1, -0.05) is 0 Å². The van der Waals surface area contributed by atoms with Gasteiger partial charge in [-0.05, 0) is 0 Å². The van der Waals surface area contributed by atoms with Crippen molar-refractivity contribution in [2.45, 2.75) is 23.6 Å². The second-order valence-electron chi connectivity index (χ2n) is 18.4. The van der Waals surface area contributed by atoms with E-state index in [1.54, 1.807) is 60.7 Å². The van der Waals surface area contributed by atoms with Crippen molar-refractivity contribution < 1.29 is 33.8 Å². The summed E-state index contributed by atoms with van der Waals surface area (Å²) < 4.78 is 115. The van der Waals surface area contributed by atoms with E-state index in [0.717, 1.165) is 26.1 Å². The maximum absolute atomic E-state index is 15.7. The Kier molecular flexibility index (Phi) is 12.2. The van der Waals surface area contributed by atoms with Crippen molar-refractivity contribution in [2.75, 3.05) is 0 Å². The Morgan fingerprint density at radius 3 is 0.649 bits per heavy atom. The maximum atomic E-state index is 15.7. The SMILES string of the molecule is FC(F)(F)[C@@]1(c2ccccc2)O[As](c2ccccc2)(c2ccccc2)(c2ccccc2)c2ccccc21.FC(F)(F)[C@]1(c2ccccc2)O[As](c2ccccc2)(c2ccccc2)(c2ccccc2)c2ccccc21. The molecule has 2 heterocycles.